The fourth-order valence-corrected chi connectivity index (χ4v) is 3.88. The lowest BCUT2D eigenvalue weighted by molar-refractivity contribution is -0.384. The van der Waals surface area contributed by atoms with Gasteiger partial charge in [-0.3, -0.25) is 10.1 Å². The molecule has 0 amide bonds. The van der Waals surface area contributed by atoms with Gasteiger partial charge < -0.3 is 5.32 Å². The van der Waals surface area contributed by atoms with Crippen molar-refractivity contribution in [2.24, 2.45) is 0 Å². The Morgan fingerprint density at radius 3 is 2.55 bits per heavy atom. The van der Waals surface area contributed by atoms with Gasteiger partial charge in [-0.1, -0.05) is 0 Å². The second-order valence-corrected chi connectivity index (χ2v) is 7.23. The summed E-state index contributed by atoms with van der Waals surface area (Å²) in [5.41, 5.74) is 0.336. The van der Waals surface area contributed by atoms with Crippen LogP contribution in [0.15, 0.2) is 0 Å². The fraction of sp³-hybridized carbons (Fsp3) is 0.727. The molecule has 1 fully saturated rings. The van der Waals surface area contributed by atoms with Crippen molar-refractivity contribution in [3.8, 4) is 0 Å². The molecule has 1 saturated heterocycles. The number of nitrogens with one attached hydrogen (secondary N) is 1. The summed E-state index contributed by atoms with van der Waals surface area (Å²) in [5.74, 6) is 0.620. The predicted octanol–water partition coefficient (Wildman–Crippen LogP) is 1.11. The summed E-state index contributed by atoms with van der Waals surface area (Å²) in [7, 11) is -2.94. The number of aryl methyl sites for hydroxylation is 2. The third-order valence-electron chi connectivity index (χ3n) is 3.47. The maximum Gasteiger partial charge on any atom is 0.333 e. The number of hydrogen-bond donors (Lipinski definition) is 1. The van der Waals surface area contributed by atoms with E-state index in [1.54, 1.807) is 11.6 Å². The molecular formula is C11H18N4O4S. The highest BCUT2D eigenvalue weighted by molar-refractivity contribution is 7.91. The van der Waals surface area contributed by atoms with Crippen LogP contribution in [-0.2, 0) is 16.4 Å². The topological polar surface area (TPSA) is 107 Å². The summed E-state index contributed by atoms with van der Waals surface area (Å²) in [6.45, 7) is 3.97. The van der Waals surface area contributed by atoms with Gasteiger partial charge in [-0.15, -0.1) is 0 Å². The Balaban J connectivity index is 2.23. The van der Waals surface area contributed by atoms with Gasteiger partial charge in [-0.05, 0) is 26.7 Å². The lowest BCUT2D eigenvalue weighted by Gasteiger charge is -2.23. The van der Waals surface area contributed by atoms with E-state index in [0.29, 0.717) is 30.9 Å². The van der Waals surface area contributed by atoms with E-state index in [1.807, 2.05) is 6.92 Å². The van der Waals surface area contributed by atoms with Crippen LogP contribution in [0.2, 0.25) is 0 Å². The molecule has 2 heterocycles. The number of hydrogen-bond acceptors (Lipinski definition) is 6. The molecule has 1 N–H and O–H groups in total. The summed E-state index contributed by atoms with van der Waals surface area (Å²) >= 11 is 0. The van der Waals surface area contributed by atoms with E-state index in [-0.39, 0.29) is 23.2 Å². The molecule has 1 aliphatic heterocycles. The molecule has 0 spiro atoms. The molecule has 0 radical (unpaired) electrons. The second-order valence-electron chi connectivity index (χ2n) is 4.93. The molecule has 0 aromatic carbocycles. The normalized spacial score (nSPS) is 18.9. The number of nitrogens with zero attached hydrogens (tertiary/aromatic N) is 3. The van der Waals surface area contributed by atoms with Crippen LogP contribution in [0.4, 0.5) is 11.5 Å². The zero-order chi connectivity index (χ0) is 14.9. The minimum atomic E-state index is -2.94. The van der Waals surface area contributed by atoms with Crippen molar-refractivity contribution in [3.63, 3.8) is 0 Å². The predicted molar refractivity (Wildman–Crippen MR) is 74.6 cm³/mol. The van der Waals surface area contributed by atoms with Crippen molar-refractivity contribution in [2.75, 3.05) is 16.8 Å². The lowest BCUT2D eigenvalue weighted by atomic mass is 10.1. The third kappa shape index (κ3) is 2.92. The van der Waals surface area contributed by atoms with Gasteiger partial charge in [-0.25, -0.2) is 13.1 Å². The van der Waals surface area contributed by atoms with Crippen LogP contribution in [0, 0.1) is 17.0 Å². The Bertz CT molecular complexity index is 609. The highest BCUT2D eigenvalue weighted by Crippen LogP contribution is 2.30. The van der Waals surface area contributed by atoms with Gasteiger partial charge in [0.1, 0.15) is 15.5 Å². The van der Waals surface area contributed by atoms with Crippen LogP contribution in [0.1, 0.15) is 25.5 Å². The highest BCUT2D eigenvalue weighted by atomic mass is 32.2. The van der Waals surface area contributed by atoms with E-state index in [2.05, 4.69) is 10.4 Å². The van der Waals surface area contributed by atoms with E-state index >= 15 is 0 Å². The summed E-state index contributed by atoms with van der Waals surface area (Å²) in [6, 6.07) is -0.0707. The molecule has 9 heteroatoms. The van der Waals surface area contributed by atoms with Crippen molar-refractivity contribution in [1.82, 2.24) is 9.78 Å². The van der Waals surface area contributed by atoms with Crippen molar-refractivity contribution in [1.29, 1.82) is 0 Å². The molecule has 1 aliphatic rings. The van der Waals surface area contributed by atoms with Gasteiger partial charge in [0.05, 0.1) is 16.4 Å². The van der Waals surface area contributed by atoms with Gasteiger partial charge in [0, 0.05) is 12.6 Å². The number of aromatic nitrogens is 2. The average molecular weight is 302 g/mol. The molecule has 1 aromatic rings. The molecule has 0 aliphatic carbocycles. The van der Waals surface area contributed by atoms with Crippen LogP contribution in [0.5, 0.6) is 0 Å². The molecule has 0 unspecified atom stereocenters. The Kier molecular flexibility index (Phi) is 3.98. The maximum absolute atomic E-state index is 11.4. The third-order valence-corrected chi connectivity index (χ3v) is 5.19. The molecule has 1 aromatic heterocycles. The second kappa shape index (κ2) is 5.39. The zero-order valence-electron chi connectivity index (χ0n) is 11.5. The first-order valence-electron chi connectivity index (χ1n) is 6.53. The number of nitro groups is 1. The molecule has 0 bridgehead atoms. The van der Waals surface area contributed by atoms with Crippen molar-refractivity contribution in [3.05, 3.63) is 15.8 Å². The van der Waals surface area contributed by atoms with E-state index in [1.165, 1.54) is 0 Å². The van der Waals surface area contributed by atoms with E-state index in [0.717, 1.165) is 0 Å². The van der Waals surface area contributed by atoms with Crippen LogP contribution in [0.3, 0.4) is 0 Å². The maximum atomic E-state index is 11.4. The van der Waals surface area contributed by atoms with Crippen LogP contribution < -0.4 is 5.32 Å². The van der Waals surface area contributed by atoms with Crippen LogP contribution in [0.25, 0.3) is 0 Å². The van der Waals surface area contributed by atoms with Crippen molar-refractivity contribution < 1.29 is 13.3 Å². The van der Waals surface area contributed by atoms with E-state index in [4.69, 9.17) is 0 Å². The van der Waals surface area contributed by atoms with Crippen molar-refractivity contribution >= 4 is 21.3 Å². The molecule has 8 nitrogen and oxygen atoms in total. The Morgan fingerprint density at radius 2 is 2.05 bits per heavy atom. The minimum Gasteiger partial charge on any atom is -0.362 e. The monoisotopic (exact) mass is 302 g/mol. The SMILES string of the molecule is CCn1nc(C)c([N+](=O)[O-])c1NC1CCS(=O)(=O)CC1. The first kappa shape index (κ1) is 14.8. The van der Waals surface area contributed by atoms with Gasteiger partial charge >= 0.3 is 5.69 Å². The summed E-state index contributed by atoms with van der Waals surface area (Å²) in [5, 5.41) is 18.4. The summed E-state index contributed by atoms with van der Waals surface area (Å²) in [4.78, 5) is 10.7. The Morgan fingerprint density at radius 1 is 1.45 bits per heavy atom. The number of rotatable bonds is 4. The molecule has 0 saturated carbocycles. The first-order chi connectivity index (χ1) is 9.34. The zero-order valence-corrected chi connectivity index (χ0v) is 12.3. The molecular weight excluding hydrogens is 284 g/mol. The van der Waals surface area contributed by atoms with E-state index in [9.17, 15) is 18.5 Å². The molecule has 20 heavy (non-hydrogen) atoms. The highest BCUT2D eigenvalue weighted by Gasteiger charge is 2.29. The first-order valence-corrected chi connectivity index (χ1v) is 8.35. The van der Waals surface area contributed by atoms with Crippen LogP contribution >= 0.6 is 0 Å². The lowest BCUT2D eigenvalue weighted by Crippen LogP contribution is -2.33. The molecule has 0 atom stereocenters. The molecule has 2 rings (SSSR count). The smallest absolute Gasteiger partial charge is 0.333 e. The number of sulfone groups is 1. The van der Waals surface area contributed by atoms with Crippen molar-refractivity contribution in [2.45, 2.75) is 39.3 Å². The summed E-state index contributed by atoms with van der Waals surface area (Å²) in [6.07, 6.45) is 0.931. The average Bonchev–Trinajstić information content (AvgIpc) is 2.68. The number of anilines is 1. The standard InChI is InChI=1S/C11H18N4O4S/c1-3-14-11(10(15(16)17)8(2)13-14)12-9-4-6-20(18,19)7-5-9/h9,12H,3-7H2,1-2H3. The minimum absolute atomic E-state index is 0.0275. The van der Waals surface area contributed by atoms with Gasteiger partial charge in [0.15, 0.2) is 0 Å². The van der Waals surface area contributed by atoms with Gasteiger partial charge in [-0.2, -0.15) is 5.10 Å². The quantitative estimate of drug-likeness (QED) is 0.659. The largest absolute Gasteiger partial charge is 0.362 e. The molecule has 112 valence electrons. The van der Waals surface area contributed by atoms with Gasteiger partial charge in [0.2, 0.25) is 5.82 Å². The van der Waals surface area contributed by atoms with E-state index < -0.39 is 14.8 Å². The fourth-order valence-electron chi connectivity index (χ4n) is 2.39. The van der Waals surface area contributed by atoms with Crippen LogP contribution in [-0.4, -0.2) is 40.7 Å². The Hall–Kier alpha value is -1.64. The summed E-state index contributed by atoms with van der Waals surface area (Å²) < 4.78 is 24.3. The van der Waals surface area contributed by atoms with Gasteiger partial charge in [0.25, 0.3) is 0 Å². The Labute approximate surface area is 117 Å².